The number of hydrogen-bond acceptors (Lipinski definition) is 11. The van der Waals surface area contributed by atoms with E-state index in [2.05, 4.69) is 53.6 Å². The van der Waals surface area contributed by atoms with Gasteiger partial charge in [-0.2, -0.15) is 15.3 Å². The van der Waals surface area contributed by atoms with E-state index in [1.165, 1.54) is 0 Å². The summed E-state index contributed by atoms with van der Waals surface area (Å²) in [6.45, 7) is 4.93. The normalized spacial score (nSPS) is 16.8. The zero-order valence-corrected chi connectivity index (χ0v) is 30.2. The molecule has 2 saturated heterocycles. The van der Waals surface area contributed by atoms with E-state index in [0.717, 1.165) is 71.8 Å². The van der Waals surface area contributed by atoms with Crippen LogP contribution in [0.25, 0.3) is 22.3 Å². The van der Waals surface area contributed by atoms with Gasteiger partial charge < -0.3 is 20.9 Å². The Labute approximate surface area is 311 Å². The fraction of sp³-hybridized carbons (Fsp3) is 0.342. The Morgan fingerprint density at radius 3 is 2.57 bits per heavy atom. The molecule has 272 valence electrons. The third kappa shape index (κ3) is 8.03. The second kappa shape index (κ2) is 15.9. The van der Waals surface area contributed by atoms with Crippen LogP contribution in [-0.4, -0.2) is 78.7 Å². The number of aromatic amines is 1. The number of amides is 3. The van der Waals surface area contributed by atoms with Crippen molar-refractivity contribution in [1.82, 2.24) is 39.7 Å². The molecule has 1 unspecified atom stereocenters. The summed E-state index contributed by atoms with van der Waals surface area (Å²) >= 11 is 1.77. The zero-order chi connectivity index (χ0) is 36.8. The van der Waals surface area contributed by atoms with Gasteiger partial charge in [0, 0.05) is 78.6 Å². The maximum atomic E-state index is 12.8. The first-order valence-electron chi connectivity index (χ1n) is 17.8. The first kappa shape index (κ1) is 35.7. The van der Waals surface area contributed by atoms with Crippen molar-refractivity contribution >= 4 is 58.0 Å². The van der Waals surface area contributed by atoms with Crippen molar-refractivity contribution in [2.75, 3.05) is 42.6 Å². The van der Waals surface area contributed by atoms with Crippen molar-refractivity contribution in [3.63, 3.8) is 0 Å². The lowest BCUT2D eigenvalue weighted by Crippen LogP contribution is -2.60. The van der Waals surface area contributed by atoms with Crippen molar-refractivity contribution < 1.29 is 14.4 Å². The molecular weight excluding hydrogens is 691 g/mol. The van der Waals surface area contributed by atoms with Crippen LogP contribution >= 0.6 is 11.9 Å². The van der Waals surface area contributed by atoms with E-state index in [4.69, 9.17) is 4.98 Å². The molecule has 5 aromatic rings. The summed E-state index contributed by atoms with van der Waals surface area (Å²) < 4.78 is 4.18. The van der Waals surface area contributed by atoms with Crippen LogP contribution in [0.5, 0.6) is 0 Å². The van der Waals surface area contributed by atoms with Gasteiger partial charge in [0.1, 0.15) is 11.2 Å². The van der Waals surface area contributed by atoms with Gasteiger partial charge in [0.2, 0.25) is 17.8 Å². The monoisotopic (exact) mass is 731 g/mol. The van der Waals surface area contributed by atoms with E-state index in [9.17, 15) is 19.6 Å². The summed E-state index contributed by atoms with van der Waals surface area (Å²) in [6, 6.07) is 19.2. The molecule has 14 nitrogen and oxygen atoms in total. The van der Waals surface area contributed by atoms with Crippen LogP contribution in [0, 0.1) is 11.3 Å². The molecule has 2 aliphatic heterocycles. The number of anilines is 3. The third-order valence-electron chi connectivity index (χ3n) is 9.59. The molecule has 0 aliphatic carbocycles. The molecule has 2 fully saturated rings. The Bertz CT molecular complexity index is 2130. The largest absolute Gasteiger partial charge is 0.385 e. The Kier molecular flexibility index (Phi) is 10.7. The quantitative estimate of drug-likeness (QED) is 0.0535. The Morgan fingerprint density at radius 1 is 1.04 bits per heavy atom. The van der Waals surface area contributed by atoms with Crippen LogP contribution in [0.15, 0.2) is 73.2 Å². The molecule has 5 N–H and O–H groups in total. The lowest BCUT2D eigenvalue weighted by molar-refractivity contribution is -0.134. The first-order chi connectivity index (χ1) is 25.8. The summed E-state index contributed by atoms with van der Waals surface area (Å²) in [5, 5.41) is 27.2. The Morgan fingerprint density at radius 2 is 1.81 bits per heavy atom. The number of unbranched alkanes of at least 4 members (excludes halogenated alkanes) is 1. The highest BCUT2D eigenvalue weighted by Gasteiger charge is 2.45. The van der Waals surface area contributed by atoms with E-state index in [1.54, 1.807) is 30.3 Å². The van der Waals surface area contributed by atoms with Crippen LogP contribution in [0.3, 0.4) is 0 Å². The maximum Gasteiger partial charge on any atom is 0.251 e. The number of aromatic nitrogens is 5. The standard InChI is InChI=1S/C38H41N11O3S/c1-2-53-48-23-38(24-48,16-17-39)49-22-27(21-43-49)33-31-15-20-41-34(31)47-37(46-33)44-29-11-7-26(8-12-29)35(51)42-19-4-3-18-40-28-9-5-25(6-10-28)30-13-14-32(50)45-36(30)52/h5-12,15,20-22,30,40H,2-4,13-14,16,18-19,23-24H2,1H3,(H,42,51)(H,45,50,52)(H2,41,44,46,47). The lowest BCUT2D eigenvalue weighted by Gasteiger charge is -2.48. The molecule has 5 heterocycles. The van der Waals surface area contributed by atoms with E-state index in [1.807, 2.05) is 59.5 Å². The number of benzene rings is 2. The molecule has 0 spiro atoms. The Hall–Kier alpha value is -5.72. The van der Waals surface area contributed by atoms with Gasteiger partial charge in [-0.3, -0.25) is 24.4 Å². The number of carbonyl (C=O) groups excluding carboxylic acids is 3. The van der Waals surface area contributed by atoms with Gasteiger partial charge in [-0.15, -0.1) is 0 Å². The van der Waals surface area contributed by atoms with E-state index < -0.39 is 0 Å². The molecule has 0 radical (unpaired) electrons. The highest BCUT2D eigenvalue weighted by Crippen LogP contribution is 2.38. The highest BCUT2D eigenvalue weighted by molar-refractivity contribution is 7.97. The van der Waals surface area contributed by atoms with E-state index >= 15 is 0 Å². The molecule has 0 bridgehead atoms. The second-order valence-electron chi connectivity index (χ2n) is 13.3. The van der Waals surface area contributed by atoms with Crippen LogP contribution in [-0.2, 0) is 15.1 Å². The van der Waals surface area contributed by atoms with Crippen molar-refractivity contribution in [2.45, 2.75) is 50.5 Å². The Balaban J connectivity index is 0.894. The minimum Gasteiger partial charge on any atom is -0.385 e. The van der Waals surface area contributed by atoms with Gasteiger partial charge in [0.25, 0.3) is 5.91 Å². The smallest absolute Gasteiger partial charge is 0.251 e. The molecule has 2 aliphatic rings. The highest BCUT2D eigenvalue weighted by atomic mass is 32.2. The summed E-state index contributed by atoms with van der Waals surface area (Å²) in [6.07, 6.45) is 8.54. The first-order valence-corrected chi connectivity index (χ1v) is 18.8. The van der Waals surface area contributed by atoms with Gasteiger partial charge in [0.15, 0.2) is 0 Å². The van der Waals surface area contributed by atoms with Crippen LogP contribution in [0.4, 0.5) is 17.3 Å². The average Bonchev–Trinajstić information content (AvgIpc) is 3.83. The van der Waals surface area contributed by atoms with E-state index in [0.29, 0.717) is 43.0 Å². The van der Waals surface area contributed by atoms with Gasteiger partial charge in [-0.05, 0) is 67.3 Å². The number of rotatable bonds is 15. The summed E-state index contributed by atoms with van der Waals surface area (Å²) in [5.74, 6) is 0.507. The molecule has 0 saturated carbocycles. The molecule has 15 heteroatoms. The van der Waals surface area contributed by atoms with Crippen molar-refractivity contribution in [3.8, 4) is 17.3 Å². The predicted octanol–water partition coefficient (Wildman–Crippen LogP) is 5.30. The predicted molar refractivity (Wildman–Crippen MR) is 204 cm³/mol. The van der Waals surface area contributed by atoms with Crippen LogP contribution in [0.2, 0.25) is 0 Å². The lowest BCUT2D eigenvalue weighted by atomic mass is 9.89. The number of imide groups is 1. The second-order valence-corrected chi connectivity index (χ2v) is 14.7. The van der Waals surface area contributed by atoms with Crippen LogP contribution < -0.4 is 21.3 Å². The summed E-state index contributed by atoms with van der Waals surface area (Å²) in [7, 11) is 0. The van der Waals surface area contributed by atoms with Crippen molar-refractivity contribution in [3.05, 3.63) is 84.3 Å². The average molecular weight is 732 g/mol. The number of nitriles is 1. The number of H-pyrrole nitrogens is 1. The molecule has 7 rings (SSSR count). The molecular formula is C38H41N11O3S. The topological polar surface area (TPSA) is 186 Å². The minimum atomic E-state index is -0.358. The molecule has 2 aromatic carbocycles. The number of hydrogen-bond donors (Lipinski definition) is 5. The molecule has 53 heavy (non-hydrogen) atoms. The summed E-state index contributed by atoms with van der Waals surface area (Å²) in [5.41, 5.74) is 5.03. The summed E-state index contributed by atoms with van der Waals surface area (Å²) in [4.78, 5) is 49.1. The van der Waals surface area contributed by atoms with Crippen molar-refractivity contribution in [2.24, 2.45) is 0 Å². The molecule has 1 atom stereocenters. The van der Waals surface area contributed by atoms with Crippen LogP contribution in [0.1, 0.15) is 60.9 Å². The number of nitrogens with zero attached hydrogens (tertiary/aromatic N) is 6. The number of fused-ring (bicyclic) bond motifs is 1. The zero-order valence-electron chi connectivity index (χ0n) is 29.4. The van der Waals surface area contributed by atoms with Gasteiger partial charge >= 0.3 is 0 Å². The SMILES string of the molecule is CCSN1CC(CC#N)(n2cc(-c3nc(Nc4ccc(C(=O)NCCCCNc5ccc(C6CCC(=O)NC6=O)cc5)cc4)nc4[nH]ccc34)cn2)C1. The molecule has 3 aromatic heterocycles. The number of piperidine rings is 1. The number of nitrogens with one attached hydrogen (secondary N) is 5. The third-order valence-corrected chi connectivity index (χ3v) is 10.5. The maximum absolute atomic E-state index is 12.8. The van der Waals surface area contributed by atoms with Crippen molar-refractivity contribution in [1.29, 1.82) is 5.26 Å². The van der Waals surface area contributed by atoms with Gasteiger partial charge in [-0.25, -0.2) is 9.29 Å². The van der Waals surface area contributed by atoms with Gasteiger partial charge in [0.05, 0.1) is 30.3 Å². The fourth-order valence-corrected chi connectivity index (χ4v) is 7.78. The minimum absolute atomic E-state index is 0.144. The fourth-order valence-electron chi connectivity index (χ4n) is 6.76. The van der Waals surface area contributed by atoms with Gasteiger partial charge in [-0.1, -0.05) is 31.0 Å². The van der Waals surface area contributed by atoms with E-state index in [-0.39, 0.29) is 29.2 Å². The molecule has 3 amide bonds. The number of carbonyl (C=O) groups is 3.